The number of nitrogens with two attached hydrogens (primary N) is 1. The Hall–Kier alpha value is -0.710. The average Bonchev–Trinajstić information content (AvgIpc) is 2.20. The number of rotatable bonds is 5. The van der Waals surface area contributed by atoms with Gasteiger partial charge in [0.05, 0.1) is 5.75 Å². The maximum atomic E-state index is 13.6. The Labute approximate surface area is 119 Å². The quantitative estimate of drug-likeness (QED) is 0.729. The van der Waals surface area contributed by atoms with Gasteiger partial charge in [0, 0.05) is 23.0 Å². The van der Waals surface area contributed by atoms with Crippen molar-refractivity contribution in [1.82, 2.24) is 4.72 Å². The first kappa shape index (κ1) is 16.3. The largest absolute Gasteiger partial charge is 0.398 e. The Morgan fingerprint density at radius 1 is 1.32 bits per heavy atom. The summed E-state index contributed by atoms with van der Waals surface area (Å²) in [7, 11) is -7.45. The van der Waals surface area contributed by atoms with E-state index in [1.807, 2.05) is 4.72 Å². The van der Waals surface area contributed by atoms with E-state index in [0.29, 0.717) is 0 Å². The minimum Gasteiger partial charge on any atom is -0.398 e. The molecule has 0 heterocycles. The molecule has 0 spiro atoms. The molecule has 0 fully saturated rings. The van der Waals surface area contributed by atoms with Gasteiger partial charge in [0.15, 0.2) is 0 Å². The highest BCUT2D eigenvalue weighted by Crippen LogP contribution is 2.25. The number of sulfone groups is 1. The van der Waals surface area contributed by atoms with Crippen LogP contribution in [0.4, 0.5) is 10.1 Å². The number of hydrogen-bond donors (Lipinski definition) is 2. The summed E-state index contributed by atoms with van der Waals surface area (Å²) in [4.78, 5) is -0.623. The van der Waals surface area contributed by atoms with Gasteiger partial charge in [0.25, 0.3) is 0 Å². The predicted molar refractivity (Wildman–Crippen MR) is 73.4 cm³/mol. The summed E-state index contributed by atoms with van der Waals surface area (Å²) in [5.41, 5.74) is 5.54. The van der Waals surface area contributed by atoms with Crippen molar-refractivity contribution in [1.29, 1.82) is 0 Å². The Morgan fingerprint density at radius 3 is 2.42 bits per heavy atom. The van der Waals surface area contributed by atoms with E-state index >= 15 is 0 Å². The number of benzene rings is 1. The summed E-state index contributed by atoms with van der Waals surface area (Å²) in [6, 6.07) is 1.89. The molecular formula is C9H12BrFN2O4S2. The van der Waals surface area contributed by atoms with E-state index < -0.39 is 30.6 Å². The monoisotopic (exact) mass is 374 g/mol. The molecule has 0 aliphatic rings. The molecule has 10 heteroatoms. The van der Waals surface area contributed by atoms with E-state index in [9.17, 15) is 21.2 Å². The third-order valence-electron chi connectivity index (χ3n) is 2.11. The van der Waals surface area contributed by atoms with Crippen molar-refractivity contribution in [2.75, 3.05) is 24.3 Å². The molecule has 0 saturated heterocycles. The van der Waals surface area contributed by atoms with Crippen molar-refractivity contribution in [3.05, 3.63) is 22.4 Å². The summed E-state index contributed by atoms with van der Waals surface area (Å²) < 4.78 is 61.1. The standard InChI is InChI=1S/C9H12BrFN2O4S2/c1-18(14,15)3-2-13-19(16,17)9-5-8(12)6(10)4-7(9)11/h4-5,13H,2-3,12H2,1H3. The second-order valence-corrected chi connectivity index (χ2v) is 8.68. The van der Waals surface area contributed by atoms with Crippen molar-refractivity contribution in [3.8, 4) is 0 Å². The van der Waals surface area contributed by atoms with Crippen LogP contribution in [-0.4, -0.2) is 35.4 Å². The van der Waals surface area contributed by atoms with Gasteiger partial charge in [-0.3, -0.25) is 0 Å². The van der Waals surface area contributed by atoms with Crippen molar-refractivity contribution in [2.45, 2.75) is 4.90 Å². The zero-order valence-corrected chi connectivity index (χ0v) is 13.1. The van der Waals surface area contributed by atoms with Gasteiger partial charge in [-0.1, -0.05) is 0 Å². The van der Waals surface area contributed by atoms with E-state index in [1.54, 1.807) is 0 Å². The molecular weight excluding hydrogens is 363 g/mol. The smallest absolute Gasteiger partial charge is 0.243 e. The molecule has 1 aromatic rings. The predicted octanol–water partition coefficient (Wildman–Crippen LogP) is 0.493. The molecule has 1 aromatic carbocycles. The van der Waals surface area contributed by atoms with Crippen LogP contribution in [-0.2, 0) is 19.9 Å². The third-order valence-corrected chi connectivity index (χ3v) is 5.21. The molecule has 0 saturated carbocycles. The lowest BCUT2D eigenvalue weighted by Gasteiger charge is -2.09. The Bertz CT molecular complexity index is 688. The maximum absolute atomic E-state index is 13.6. The maximum Gasteiger partial charge on any atom is 0.243 e. The second-order valence-electron chi connectivity index (χ2n) is 3.83. The molecule has 0 bridgehead atoms. The number of hydrogen-bond acceptors (Lipinski definition) is 5. The molecule has 108 valence electrons. The van der Waals surface area contributed by atoms with Gasteiger partial charge < -0.3 is 5.73 Å². The van der Waals surface area contributed by atoms with Crippen LogP contribution in [0.15, 0.2) is 21.5 Å². The van der Waals surface area contributed by atoms with Gasteiger partial charge in [0.1, 0.15) is 20.5 Å². The molecule has 0 aliphatic heterocycles. The lowest BCUT2D eigenvalue weighted by atomic mass is 10.3. The molecule has 6 nitrogen and oxygen atoms in total. The fourth-order valence-electron chi connectivity index (χ4n) is 1.19. The molecule has 0 aromatic heterocycles. The van der Waals surface area contributed by atoms with Crippen molar-refractivity contribution in [3.63, 3.8) is 0 Å². The first-order valence-electron chi connectivity index (χ1n) is 4.95. The molecule has 0 atom stereocenters. The zero-order valence-electron chi connectivity index (χ0n) is 9.85. The summed E-state index contributed by atoms with van der Waals surface area (Å²) in [5.74, 6) is -1.35. The van der Waals surface area contributed by atoms with Gasteiger partial charge in [0.2, 0.25) is 10.0 Å². The summed E-state index contributed by atoms with van der Waals surface area (Å²) in [6.07, 6.45) is 0.972. The zero-order chi connectivity index (χ0) is 14.8. The van der Waals surface area contributed by atoms with Crippen LogP contribution in [0.5, 0.6) is 0 Å². The molecule has 3 N–H and O–H groups in total. The molecule has 0 unspecified atom stereocenters. The molecule has 1 rings (SSSR count). The van der Waals surface area contributed by atoms with Crippen molar-refractivity contribution in [2.24, 2.45) is 0 Å². The first-order chi connectivity index (χ1) is 8.53. The van der Waals surface area contributed by atoms with Crippen LogP contribution in [0, 0.1) is 5.82 Å². The third kappa shape index (κ3) is 4.71. The van der Waals surface area contributed by atoms with Gasteiger partial charge in [-0.15, -0.1) is 0 Å². The van der Waals surface area contributed by atoms with Crippen LogP contribution in [0.1, 0.15) is 0 Å². The normalized spacial score (nSPS) is 12.6. The number of anilines is 1. The summed E-state index contributed by atoms with van der Waals surface area (Å²) in [6.45, 7) is -0.337. The number of sulfonamides is 1. The van der Waals surface area contributed by atoms with E-state index in [2.05, 4.69) is 15.9 Å². The van der Waals surface area contributed by atoms with E-state index in [0.717, 1.165) is 18.4 Å². The van der Waals surface area contributed by atoms with E-state index in [1.165, 1.54) is 0 Å². The number of nitrogen functional groups attached to an aromatic ring is 1. The fourth-order valence-corrected chi connectivity index (χ4v) is 3.23. The topological polar surface area (TPSA) is 106 Å². The van der Waals surface area contributed by atoms with Crippen LogP contribution < -0.4 is 10.5 Å². The summed E-state index contributed by atoms with van der Waals surface area (Å²) >= 11 is 2.97. The highest BCUT2D eigenvalue weighted by atomic mass is 79.9. The minimum atomic E-state index is -4.14. The van der Waals surface area contributed by atoms with Crippen LogP contribution >= 0.6 is 15.9 Å². The average molecular weight is 375 g/mol. The van der Waals surface area contributed by atoms with E-state index in [-0.39, 0.29) is 22.5 Å². The Morgan fingerprint density at radius 2 is 1.89 bits per heavy atom. The van der Waals surface area contributed by atoms with Gasteiger partial charge >= 0.3 is 0 Å². The lowest BCUT2D eigenvalue weighted by Crippen LogP contribution is -2.29. The molecule has 0 radical (unpaired) electrons. The highest BCUT2D eigenvalue weighted by molar-refractivity contribution is 9.10. The molecule has 0 aliphatic carbocycles. The van der Waals surface area contributed by atoms with Gasteiger partial charge in [-0.05, 0) is 28.1 Å². The molecule has 0 amide bonds. The van der Waals surface area contributed by atoms with Gasteiger partial charge in [-0.25, -0.2) is 25.9 Å². The minimum absolute atomic E-state index is 0.0601. The SMILES string of the molecule is CS(=O)(=O)CCNS(=O)(=O)c1cc(N)c(Br)cc1F. The lowest BCUT2D eigenvalue weighted by molar-refractivity contribution is 0.558. The Kier molecular flexibility index (Phi) is 4.93. The first-order valence-corrected chi connectivity index (χ1v) is 9.28. The van der Waals surface area contributed by atoms with Crippen LogP contribution in [0.3, 0.4) is 0 Å². The van der Waals surface area contributed by atoms with Crippen LogP contribution in [0.25, 0.3) is 0 Å². The van der Waals surface area contributed by atoms with Crippen molar-refractivity contribution < 1.29 is 21.2 Å². The Balaban J connectivity index is 2.98. The molecule has 19 heavy (non-hydrogen) atoms. The fraction of sp³-hybridized carbons (Fsp3) is 0.333. The van der Waals surface area contributed by atoms with Gasteiger partial charge in [-0.2, -0.15) is 0 Å². The second kappa shape index (κ2) is 5.73. The number of nitrogens with one attached hydrogen (secondary N) is 1. The van der Waals surface area contributed by atoms with Crippen LogP contribution in [0.2, 0.25) is 0 Å². The van der Waals surface area contributed by atoms with E-state index in [4.69, 9.17) is 5.73 Å². The highest BCUT2D eigenvalue weighted by Gasteiger charge is 2.20. The summed E-state index contributed by atoms with van der Waals surface area (Å²) in [5, 5.41) is 0. The number of halogens is 2. The van der Waals surface area contributed by atoms with Crippen molar-refractivity contribution >= 4 is 41.5 Å².